The first kappa shape index (κ1) is 18.7. The van der Waals surface area contributed by atoms with Gasteiger partial charge in [-0.15, -0.1) is 0 Å². The van der Waals surface area contributed by atoms with Crippen LogP contribution in [0.1, 0.15) is 5.56 Å². The molecule has 0 radical (unpaired) electrons. The lowest BCUT2D eigenvalue weighted by molar-refractivity contribution is -0.0521. The fourth-order valence-electron chi connectivity index (χ4n) is 3.00. The van der Waals surface area contributed by atoms with Crippen LogP contribution in [-0.4, -0.2) is 33.5 Å². The average molecular weight is 400 g/mol. The molecular formula is C20H15F3N4O2. The monoisotopic (exact) mass is 400 g/mol. The van der Waals surface area contributed by atoms with Gasteiger partial charge in [0.25, 0.3) is 0 Å². The molecule has 0 saturated carbocycles. The lowest BCUT2D eigenvalue weighted by atomic mass is 10.1. The van der Waals surface area contributed by atoms with Crippen LogP contribution in [0.15, 0.2) is 55.0 Å². The summed E-state index contributed by atoms with van der Waals surface area (Å²) < 4.78 is 50.0. The molecular weight excluding hydrogens is 385 g/mol. The maximum atomic E-state index is 13.7. The molecule has 0 aliphatic carbocycles. The lowest BCUT2D eigenvalue weighted by Crippen LogP contribution is -2.04. The second kappa shape index (κ2) is 7.78. The summed E-state index contributed by atoms with van der Waals surface area (Å²) in [5.41, 5.74) is 3.30. The number of benzene rings is 1. The van der Waals surface area contributed by atoms with E-state index >= 15 is 0 Å². The van der Waals surface area contributed by atoms with Gasteiger partial charge in [-0.2, -0.15) is 13.9 Å². The molecule has 29 heavy (non-hydrogen) atoms. The fraction of sp³-hybridized carbons (Fsp3) is 0.150. The summed E-state index contributed by atoms with van der Waals surface area (Å²) in [4.78, 5) is 8.54. The summed E-state index contributed by atoms with van der Waals surface area (Å²) in [6.45, 7) is -2.72. The lowest BCUT2D eigenvalue weighted by Gasteiger charge is -2.10. The van der Waals surface area contributed by atoms with Gasteiger partial charge in [0.05, 0.1) is 25.4 Å². The number of pyridine rings is 2. The van der Waals surface area contributed by atoms with E-state index in [-0.39, 0.29) is 0 Å². The van der Waals surface area contributed by atoms with Crippen LogP contribution < -0.4 is 9.47 Å². The van der Waals surface area contributed by atoms with E-state index in [1.54, 1.807) is 42.5 Å². The highest BCUT2D eigenvalue weighted by Crippen LogP contribution is 2.29. The molecule has 0 aliphatic heterocycles. The molecule has 9 heteroatoms. The molecule has 3 heterocycles. The van der Waals surface area contributed by atoms with Crippen molar-refractivity contribution in [2.45, 2.75) is 13.2 Å². The number of hydrogen-bond donors (Lipinski definition) is 0. The van der Waals surface area contributed by atoms with Crippen LogP contribution in [0.25, 0.3) is 22.2 Å². The summed E-state index contributed by atoms with van der Waals surface area (Å²) in [6, 6.07) is 9.25. The SMILES string of the molecule is COc1ncccc1Cn1ncc2ncc(-c3ccc(F)c(OC(F)F)c3)cc21. The van der Waals surface area contributed by atoms with Gasteiger partial charge in [-0.05, 0) is 29.8 Å². The number of fused-ring (bicyclic) bond motifs is 1. The molecule has 0 fully saturated rings. The van der Waals surface area contributed by atoms with Gasteiger partial charge < -0.3 is 9.47 Å². The molecule has 0 bridgehead atoms. The van der Waals surface area contributed by atoms with Crippen LogP contribution in [0.5, 0.6) is 11.6 Å². The van der Waals surface area contributed by atoms with Crippen molar-refractivity contribution in [1.82, 2.24) is 19.7 Å². The number of alkyl halides is 2. The molecule has 0 spiro atoms. The highest BCUT2D eigenvalue weighted by molar-refractivity contribution is 5.80. The van der Waals surface area contributed by atoms with Gasteiger partial charge in [-0.3, -0.25) is 9.67 Å². The number of methoxy groups -OCH3 is 1. The van der Waals surface area contributed by atoms with E-state index in [0.29, 0.717) is 34.6 Å². The van der Waals surface area contributed by atoms with E-state index in [0.717, 1.165) is 11.6 Å². The number of nitrogens with zero attached hydrogens (tertiary/aromatic N) is 4. The van der Waals surface area contributed by atoms with Crippen molar-refractivity contribution < 1.29 is 22.6 Å². The second-order valence-corrected chi connectivity index (χ2v) is 6.13. The van der Waals surface area contributed by atoms with Gasteiger partial charge in [-0.1, -0.05) is 12.1 Å². The second-order valence-electron chi connectivity index (χ2n) is 6.13. The first-order chi connectivity index (χ1) is 14.0. The smallest absolute Gasteiger partial charge is 0.387 e. The minimum atomic E-state index is -3.11. The largest absolute Gasteiger partial charge is 0.481 e. The van der Waals surface area contributed by atoms with Gasteiger partial charge in [0.15, 0.2) is 11.6 Å². The minimum Gasteiger partial charge on any atom is -0.481 e. The van der Waals surface area contributed by atoms with E-state index in [1.165, 1.54) is 12.1 Å². The standard InChI is InChI=1S/C20H15F3N4O2/c1-28-19-13(3-2-6-24-19)11-27-17-7-14(9-25-16(17)10-26-27)12-4-5-15(21)18(8-12)29-20(22)23/h2-10,20H,11H2,1H3. The molecule has 0 saturated heterocycles. The Morgan fingerprint density at radius 2 is 1.93 bits per heavy atom. The molecule has 0 unspecified atom stereocenters. The zero-order valence-electron chi connectivity index (χ0n) is 15.2. The Bertz CT molecular complexity index is 1160. The Morgan fingerprint density at radius 3 is 2.72 bits per heavy atom. The minimum absolute atomic E-state index is 0.398. The third kappa shape index (κ3) is 3.84. The zero-order chi connectivity index (χ0) is 20.4. The van der Waals surface area contributed by atoms with E-state index in [2.05, 4.69) is 19.8 Å². The van der Waals surface area contributed by atoms with Crippen LogP contribution in [-0.2, 0) is 6.54 Å². The quantitative estimate of drug-likeness (QED) is 0.483. The number of aromatic nitrogens is 4. The molecule has 4 aromatic rings. The Labute approximate surface area is 163 Å². The molecule has 1 aromatic carbocycles. The first-order valence-corrected chi connectivity index (χ1v) is 8.59. The molecule has 0 aliphatic rings. The van der Waals surface area contributed by atoms with Crippen molar-refractivity contribution in [1.29, 1.82) is 0 Å². The highest BCUT2D eigenvalue weighted by atomic mass is 19.3. The van der Waals surface area contributed by atoms with Crippen LogP contribution in [0.3, 0.4) is 0 Å². The predicted octanol–water partition coefficient (Wildman–Crippen LogP) is 4.29. The van der Waals surface area contributed by atoms with Crippen LogP contribution >= 0.6 is 0 Å². The third-order valence-corrected chi connectivity index (χ3v) is 4.34. The van der Waals surface area contributed by atoms with Gasteiger partial charge in [0, 0.05) is 23.5 Å². The van der Waals surface area contributed by atoms with Crippen molar-refractivity contribution >= 4 is 11.0 Å². The first-order valence-electron chi connectivity index (χ1n) is 8.59. The summed E-state index contributed by atoms with van der Waals surface area (Å²) in [5, 5.41) is 4.36. The molecule has 3 aromatic heterocycles. The van der Waals surface area contributed by atoms with E-state index < -0.39 is 18.2 Å². The number of rotatable bonds is 6. The highest BCUT2D eigenvalue weighted by Gasteiger charge is 2.14. The van der Waals surface area contributed by atoms with E-state index in [9.17, 15) is 13.2 Å². The molecule has 0 atom stereocenters. The van der Waals surface area contributed by atoms with Crippen LogP contribution in [0.4, 0.5) is 13.2 Å². The van der Waals surface area contributed by atoms with Gasteiger partial charge in [-0.25, -0.2) is 9.37 Å². The Balaban J connectivity index is 1.72. The van der Waals surface area contributed by atoms with Crippen LogP contribution in [0.2, 0.25) is 0 Å². The van der Waals surface area contributed by atoms with Crippen molar-refractivity contribution in [3.63, 3.8) is 0 Å². The normalized spacial score (nSPS) is 11.2. The van der Waals surface area contributed by atoms with Crippen molar-refractivity contribution in [3.05, 3.63) is 66.4 Å². The Kier molecular flexibility index (Phi) is 5.03. The molecule has 0 N–H and O–H groups in total. The average Bonchev–Trinajstić information content (AvgIpc) is 3.12. The molecule has 6 nitrogen and oxygen atoms in total. The summed E-state index contributed by atoms with van der Waals surface area (Å²) >= 11 is 0. The number of ether oxygens (including phenoxy) is 2. The van der Waals surface area contributed by atoms with Crippen molar-refractivity contribution in [2.75, 3.05) is 7.11 Å². The predicted molar refractivity (Wildman–Crippen MR) is 99.4 cm³/mol. The molecule has 148 valence electrons. The van der Waals surface area contributed by atoms with Crippen molar-refractivity contribution in [2.24, 2.45) is 0 Å². The van der Waals surface area contributed by atoms with E-state index in [4.69, 9.17) is 4.74 Å². The van der Waals surface area contributed by atoms with Crippen LogP contribution in [0, 0.1) is 5.82 Å². The zero-order valence-corrected chi connectivity index (χ0v) is 15.2. The number of halogens is 3. The number of hydrogen-bond acceptors (Lipinski definition) is 5. The third-order valence-electron chi connectivity index (χ3n) is 4.34. The Hall–Kier alpha value is -3.62. The van der Waals surface area contributed by atoms with Gasteiger partial charge >= 0.3 is 6.61 Å². The maximum Gasteiger partial charge on any atom is 0.387 e. The summed E-state index contributed by atoms with van der Waals surface area (Å²) in [7, 11) is 1.54. The van der Waals surface area contributed by atoms with Gasteiger partial charge in [0.2, 0.25) is 5.88 Å². The van der Waals surface area contributed by atoms with Gasteiger partial charge in [0.1, 0.15) is 5.52 Å². The van der Waals surface area contributed by atoms with E-state index in [1.807, 2.05) is 6.07 Å². The molecule has 0 amide bonds. The van der Waals surface area contributed by atoms with Crippen molar-refractivity contribution in [3.8, 4) is 22.8 Å². The summed E-state index contributed by atoms with van der Waals surface area (Å²) in [5.74, 6) is -0.893. The molecule has 4 rings (SSSR count). The fourth-order valence-corrected chi connectivity index (χ4v) is 3.00. The Morgan fingerprint density at radius 1 is 1.07 bits per heavy atom. The maximum absolute atomic E-state index is 13.7. The summed E-state index contributed by atoms with van der Waals surface area (Å²) in [6.07, 6.45) is 4.83. The topological polar surface area (TPSA) is 62.1 Å².